The first kappa shape index (κ1) is 15.9. The fourth-order valence-corrected chi connectivity index (χ4v) is 1.95. The van der Waals surface area contributed by atoms with Crippen LogP contribution in [0.15, 0.2) is 23.9 Å². The molecule has 0 atom stereocenters. The third-order valence-corrected chi connectivity index (χ3v) is 4.01. The van der Waals surface area contributed by atoms with E-state index in [2.05, 4.69) is 0 Å². The van der Waals surface area contributed by atoms with Gasteiger partial charge in [0, 0.05) is 5.56 Å². The minimum Gasteiger partial charge on any atom is -0.507 e. The number of benzene rings is 1. The normalized spacial score (nSPS) is 20.7. The maximum absolute atomic E-state index is 14.4. The average molecular weight is 294 g/mol. The summed E-state index contributed by atoms with van der Waals surface area (Å²) in [5, 5.41) is 9.78. The van der Waals surface area contributed by atoms with Gasteiger partial charge in [0.05, 0.1) is 18.3 Å². The highest BCUT2D eigenvalue weighted by molar-refractivity contribution is 6.54. The van der Waals surface area contributed by atoms with Gasteiger partial charge in [0.2, 0.25) is 0 Å². The van der Waals surface area contributed by atoms with E-state index in [1.54, 1.807) is 12.1 Å². The van der Waals surface area contributed by atoms with Crippen LogP contribution in [-0.4, -0.2) is 30.5 Å². The Balaban J connectivity index is 2.27. The Morgan fingerprint density at radius 1 is 1.24 bits per heavy atom. The second-order valence-corrected chi connectivity index (χ2v) is 6.04. The molecule has 1 N–H and O–H groups in total. The second kappa shape index (κ2) is 5.35. The first-order chi connectivity index (χ1) is 9.66. The van der Waals surface area contributed by atoms with Crippen molar-refractivity contribution in [2.75, 3.05) is 7.11 Å². The number of methoxy groups -OCH3 is 1. The molecule has 0 bridgehead atoms. The summed E-state index contributed by atoms with van der Waals surface area (Å²) in [5.74, 6) is 0.489. The van der Waals surface area contributed by atoms with Crippen molar-refractivity contribution in [1.29, 1.82) is 0 Å². The van der Waals surface area contributed by atoms with Crippen LogP contribution in [-0.2, 0) is 9.31 Å². The number of phenols is 1. The van der Waals surface area contributed by atoms with E-state index in [1.165, 1.54) is 19.3 Å². The van der Waals surface area contributed by atoms with Gasteiger partial charge in [-0.15, -0.1) is 0 Å². The van der Waals surface area contributed by atoms with Gasteiger partial charge in [-0.2, -0.15) is 0 Å². The summed E-state index contributed by atoms with van der Waals surface area (Å²) in [6.45, 7) is 7.40. The Labute approximate surface area is 124 Å². The van der Waals surface area contributed by atoms with Gasteiger partial charge in [0.1, 0.15) is 17.2 Å². The molecule has 114 valence electrons. The van der Waals surface area contributed by atoms with E-state index in [1.807, 2.05) is 27.7 Å². The molecule has 1 aromatic rings. The largest absolute Gasteiger partial charge is 0.525 e. The van der Waals surface area contributed by atoms with Crippen molar-refractivity contribution in [3.05, 3.63) is 29.5 Å². The first-order valence-electron chi connectivity index (χ1n) is 6.76. The molecular formula is C15H20BFO4. The summed E-state index contributed by atoms with van der Waals surface area (Å²) in [6, 6.07) is 4.59. The molecule has 0 aliphatic carbocycles. The zero-order valence-electron chi connectivity index (χ0n) is 12.9. The fourth-order valence-electron chi connectivity index (χ4n) is 1.95. The molecule has 0 radical (unpaired) electrons. The Morgan fingerprint density at radius 2 is 1.81 bits per heavy atom. The SMILES string of the molecule is COc1ccc(O)c(C=C(F)B2OC(C)(C)C(C)(C)O2)c1. The topological polar surface area (TPSA) is 47.9 Å². The van der Waals surface area contributed by atoms with Crippen LogP contribution in [0.25, 0.3) is 6.08 Å². The molecular weight excluding hydrogens is 274 g/mol. The molecule has 0 aromatic heterocycles. The molecule has 1 aliphatic rings. The molecule has 2 rings (SSSR count). The van der Waals surface area contributed by atoms with Gasteiger partial charge in [0.25, 0.3) is 0 Å². The number of rotatable bonds is 3. The molecule has 0 saturated carbocycles. The first-order valence-corrected chi connectivity index (χ1v) is 6.76. The Hall–Kier alpha value is -1.53. The third-order valence-electron chi connectivity index (χ3n) is 4.01. The Bertz CT molecular complexity index is 553. The molecule has 0 amide bonds. The van der Waals surface area contributed by atoms with E-state index >= 15 is 0 Å². The molecule has 1 aliphatic heterocycles. The van der Waals surface area contributed by atoms with Crippen LogP contribution in [0.5, 0.6) is 11.5 Å². The van der Waals surface area contributed by atoms with E-state index in [4.69, 9.17) is 14.0 Å². The van der Waals surface area contributed by atoms with Gasteiger partial charge in [-0.3, -0.25) is 0 Å². The van der Waals surface area contributed by atoms with Gasteiger partial charge in [0.15, 0.2) is 0 Å². The van der Waals surface area contributed by atoms with Crippen molar-refractivity contribution in [2.24, 2.45) is 0 Å². The summed E-state index contributed by atoms with van der Waals surface area (Å²) in [6.07, 6.45) is 1.19. The monoisotopic (exact) mass is 294 g/mol. The predicted molar refractivity (Wildman–Crippen MR) is 79.8 cm³/mol. The summed E-state index contributed by atoms with van der Waals surface area (Å²) < 4.78 is 30.6. The van der Waals surface area contributed by atoms with E-state index in [-0.39, 0.29) is 5.75 Å². The van der Waals surface area contributed by atoms with Gasteiger partial charge >= 0.3 is 7.12 Å². The van der Waals surface area contributed by atoms with Crippen molar-refractivity contribution >= 4 is 13.2 Å². The lowest BCUT2D eigenvalue weighted by molar-refractivity contribution is 0.00578. The fraction of sp³-hybridized carbons (Fsp3) is 0.467. The Morgan fingerprint density at radius 3 is 2.33 bits per heavy atom. The van der Waals surface area contributed by atoms with Crippen LogP contribution in [0.4, 0.5) is 4.39 Å². The zero-order valence-corrected chi connectivity index (χ0v) is 12.9. The Kier molecular flexibility index (Phi) is 4.04. The van der Waals surface area contributed by atoms with Gasteiger partial charge < -0.3 is 19.2 Å². The maximum Gasteiger partial charge on any atom is 0.525 e. The third kappa shape index (κ3) is 3.06. The van der Waals surface area contributed by atoms with Crippen molar-refractivity contribution in [1.82, 2.24) is 0 Å². The smallest absolute Gasteiger partial charge is 0.507 e. The van der Waals surface area contributed by atoms with Crippen LogP contribution in [0.3, 0.4) is 0 Å². The highest BCUT2D eigenvalue weighted by Gasteiger charge is 2.53. The van der Waals surface area contributed by atoms with E-state index < -0.39 is 24.0 Å². The predicted octanol–water partition coefficient (Wildman–Crippen LogP) is 3.34. The molecule has 1 fully saturated rings. The summed E-state index contributed by atoms with van der Waals surface area (Å²) >= 11 is 0. The molecule has 1 aromatic carbocycles. The quantitative estimate of drug-likeness (QED) is 0.869. The van der Waals surface area contributed by atoms with E-state index in [9.17, 15) is 9.50 Å². The molecule has 21 heavy (non-hydrogen) atoms. The zero-order chi connectivity index (χ0) is 15.8. The van der Waals surface area contributed by atoms with Crippen molar-refractivity contribution in [3.8, 4) is 11.5 Å². The van der Waals surface area contributed by atoms with E-state index in [0.29, 0.717) is 11.3 Å². The average Bonchev–Trinajstić information content (AvgIpc) is 2.61. The highest BCUT2D eigenvalue weighted by Crippen LogP contribution is 2.39. The summed E-state index contributed by atoms with van der Waals surface area (Å²) in [5.41, 5.74) is -1.52. The molecule has 1 saturated heterocycles. The van der Waals surface area contributed by atoms with Crippen molar-refractivity contribution in [2.45, 2.75) is 38.9 Å². The highest BCUT2D eigenvalue weighted by atomic mass is 19.1. The molecule has 0 spiro atoms. The lowest BCUT2D eigenvalue weighted by Gasteiger charge is -2.32. The standard InChI is InChI=1S/C15H20BFO4/c1-14(2)15(3,4)21-16(20-14)13(17)9-10-8-11(19-5)6-7-12(10)18/h6-9,18H,1-5H3. The van der Waals surface area contributed by atoms with Crippen LogP contribution in [0, 0.1) is 0 Å². The lowest BCUT2D eigenvalue weighted by Crippen LogP contribution is -2.41. The van der Waals surface area contributed by atoms with Gasteiger partial charge in [-0.05, 0) is 52.0 Å². The lowest BCUT2D eigenvalue weighted by atomic mass is 9.86. The number of ether oxygens (including phenoxy) is 1. The number of halogens is 1. The summed E-state index contributed by atoms with van der Waals surface area (Å²) in [4.78, 5) is 0. The van der Waals surface area contributed by atoms with Crippen LogP contribution >= 0.6 is 0 Å². The number of hydrogen-bond donors (Lipinski definition) is 1. The molecule has 0 unspecified atom stereocenters. The van der Waals surface area contributed by atoms with E-state index in [0.717, 1.165) is 0 Å². The van der Waals surface area contributed by atoms with Crippen LogP contribution in [0.1, 0.15) is 33.3 Å². The maximum atomic E-state index is 14.4. The van der Waals surface area contributed by atoms with Crippen molar-refractivity contribution < 1.29 is 23.5 Å². The molecule has 1 heterocycles. The van der Waals surface area contributed by atoms with Crippen LogP contribution in [0.2, 0.25) is 0 Å². The minimum absolute atomic E-state index is 0.0394. The van der Waals surface area contributed by atoms with Crippen LogP contribution < -0.4 is 4.74 Å². The molecule has 4 nitrogen and oxygen atoms in total. The van der Waals surface area contributed by atoms with Gasteiger partial charge in [-0.1, -0.05) is 0 Å². The van der Waals surface area contributed by atoms with Crippen molar-refractivity contribution in [3.63, 3.8) is 0 Å². The minimum atomic E-state index is -1.08. The number of hydrogen-bond acceptors (Lipinski definition) is 4. The number of phenolic OH excluding ortho intramolecular Hbond substituents is 1. The number of aromatic hydroxyl groups is 1. The summed E-state index contributed by atoms with van der Waals surface area (Å²) in [7, 11) is 0.422. The second-order valence-electron chi connectivity index (χ2n) is 6.04. The molecule has 6 heteroatoms. The van der Waals surface area contributed by atoms with Gasteiger partial charge in [-0.25, -0.2) is 4.39 Å².